The van der Waals surface area contributed by atoms with Crippen molar-refractivity contribution in [2.24, 2.45) is 5.92 Å². The van der Waals surface area contributed by atoms with Crippen LogP contribution in [0.25, 0.3) is 0 Å². The van der Waals surface area contributed by atoms with Gasteiger partial charge in [-0.2, -0.15) is 0 Å². The van der Waals surface area contributed by atoms with E-state index < -0.39 is 12.0 Å². The Bertz CT molecular complexity index is 298. The van der Waals surface area contributed by atoms with Gasteiger partial charge in [0.2, 0.25) is 5.91 Å². The Morgan fingerprint density at radius 1 is 1.20 bits per heavy atom. The summed E-state index contributed by atoms with van der Waals surface area (Å²) in [6.45, 7) is 0.517. The second-order valence-corrected chi connectivity index (χ2v) is 5.58. The highest BCUT2D eigenvalue weighted by Crippen LogP contribution is 2.22. The summed E-state index contributed by atoms with van der Waals surface area (Å²) in [6, 6.07) is -0.789. The van der Waals surface area contributed by atoms with Gasteiger partial charge in [0.05, 0.1) is 0 Å². The van der Waals surface area contributed by atoms with Gasteiger partial charge in [-0.15, -0.1) is 0 Å². The van der Waals surface area contributed by atoms with Crippen molar-refractivity contribution in [2.45, 2.75) is 63.8 Å². The van der Waals surface area contributed by atoms with Crippen LogP contribution in [0.2, 0.25) is 0 Å². The molecule has 0 spiro atoms. The maximum Gasteiger partial charge on any atom is 0.326 e. The lowest BCUT2D eigenvalue weighted by molar-refractivity contribution is -0.142. The lowest BCUT2D eigenvalue weighted by Crippen LogP contribution is -2.43. The van der Waals surface area contributed by atoms with E-state index >= 15 is 0 Å². The van der Waals surface area contributed by atoms with Crippen LogP contribution in [0.15, 0.2) is 0 Å². The highest BCUT2D eigenvalue weighted by atomic mass is 16.5. The summed E-state index contributed by atoms with van der Waals surface area (Å²) >= 11 is 0. The minimum Gasteiger partial charge on any atom is -0.480 e. The summed E-state index contributed by atoms with van der Waals surface area (Å²) in [5, 5.41) is 11.9. The number of rotatable bonds is 7. The Morgan fingerprint density at radius 2 is 1.80 bits per heavy atom. The van der Waals surface area contributed by atoms with E-state index in [1.54, 1.807) is 7.11 Å². The Kier molecular flexibility index (Phi) is 8.26. The Morgan fingerprint density at radius 3 is 2.35 bits per heavy atom. The van der Waals surface area contributed by atoms with Crippen LogP contribution in [0, 0.1) is 5.92 Å². The number of carboxylic acids is 1. The Hall–Kier alpha value is -1.10. The van der Waals surface area contributed by atoms with Crippen molar-refractivity contribution in [3.8, 4) is 0 Å². The van der Waals surface area contributed by atoms with Gasteiger partial charge in [0.15, 0.2) is 0 Å². The first-order chi connectivity index (χ1) is 9.65. The highest BCUT2D eigenvalue weighted by molar-refractivity contribution is 5.84. The van der Waals surface area contributed by atoms with E-state index in [9.17, 15) is 9.59 Å². The number of aliphatic carboxylic acids is 1. The van der Waals surface area contributed by atoms with Gasteiger partial charge in [-0.1, -0.05) is 32.1 Å². The average Bonchev–Trinajstić information content (AvgIpc) is 2.36. The zero-order valence-corrected chi connectivity index (χ0v) is 12.4. The third-order valence-electron chi connectivity index (χ3n) is 3.93. The molecule has 0 heterocycles. The number of hydrogen-bond donors (Lipinski definition) is 2. The molecule has 0 bridgehead atoms. The molecule has 0 saturated heterocycles. The topological polar surface area (TPSA) is 75.6 Å². The molecule has 5 heteroatoms. The van der Waals surface area contributed by atoms with Gasteiger partial charge in [-0.05, 0) is 25.7 Å². The Labute approximate surface area is 121 Å². The summed E-state index contributed by atoms with van der Waals surface area (Å²) in [6.07, 6.45) is 8.58. The summed E-state index contributed by atoms with van der Waals surface area (Å²) in [5.41, 5.74) is 0. The third kappa shape index (κ3) is 6.37. The molecular formula is C15H27NO4. The first-order valence-electron chi connectivity index (χ1n) is 7.67. The van der Waals surface area contributed by atoms with Gasteiger partial charge >= 0.3 is 5.97 Å². The highest BCUT2D eigenvalue weighted by Gasteiger charge is 2.25. The maximum atomic E-state index is 12.2. The second kappa shape index (κ2) is 9.75. The number of carboxylic acid groups (broad SMARTS) is 1. The van der Waals surface area contributed by atoms with Crippen molar-refractivity contribution in [1.82, 2.24) is 5.32 Å². The molecule has 1 fully saturated rings. The normalized spacial score (nSPS) is 18.9. The van der Waals surface area contributed by atoms with Crippen LogP contribution in [0.3, 0.4) is 0 Å². The van der Waals surface area contributed by atoms with Gasteiger partial charge in [0.1, 0.15) is 6.04 Å². The molecule has 116 valence electrons. The van der Waals surface area contributed by atoms with E-state index in [4.69, 9.17) is 9.84 Å². The molecule has 20 heavy (non-hydrogen) atoms. The maximum absolute atomic E-state index is 12.2. The third-order valence-corrected chi connectivity index (χ3v) is 3.93. The van der Waals surface area contributed by atoms with E-state index in [1.807, 2.05) is 0 Å². The van der Waals surface area contributed by atoms with Crippen LogP contribution in [0.4, 0.5) is 0 Å². The zero-order valence-electron chi connectivity index (χ0n) is 12.4. The number of ether oxygens (including phenoxy) is 1. The number of nitrogens with one attached hydrogen (secondary N) is 1. The number of carbonyl (C=O) groups excluding carboxylic acids is 1. The summed E-state index contributed by atoms with van der Waals surface area (Å²) < 4.78 is 4.92. The molecule has 0 radical (unpaired) electrons. The van der Waals surface area contributed by atoms with E-state index in [-0.39, 0.29) is 11.8 Å². The van der Waals surface area contributed by atoms with Crippen molar-refractivity contribution in [3.05, 3.63) is 0 Å². The van der Waals surface area contributed by atoms with Crippen LogP contribution in [0.5, 0.6) is 0 Å². The molecule has 0 aromatic carbocycles. The first kappa shape index (κ1) is 17.0. The molecule has 1 atom stereocenters. The van der Waals surface area contributed by atoms with Crippen molar-refractivity contribution >= 4 is 11.9 Å². The van der Waals surface area contributed by atoms with Crippen LogP contribution in [-0.2, 0) is 14.3 Å². The lowest BCUT2D eigenvalue weighted by Gasteiger charge is -2.22. The van der Waals surface area contributed by atoms with Crippen molar-refractivity contribution < 1.29 is 19.4 Å². The minimum absolute atomic E-state index is 0.0143. The van der Waals surface area contributed by atoms with Gasteiger partial charge in [-0.25, -0.2) is 4.79 Å². The van der Waals surface area contributed by atoms with Crippen molar-refractivity contribution in [2.75, 3.05) is 13.7 Å². The summed E-state index contributed by atoms with van der Waals surface area (Å²) in [5.74, 6) is -1.06. The SMILES string of the molecule is COCCCC(NC(=O)C1CCCCCCC1)C(=O)O. The quantitative estimate of drug-likeness (QED) is 0.704. The minimum atomic E-state index is -0.958. The molecule has 1 unspecified atom stereocenters. The lowest BCUT2D eigenvalue weighted by atomic mass is 9.90. The van der Waals surface area contributed by atoms with Gasteiger partial charge in [-0.3, -0.25) is 4.79 Å². The van der Waals surface area contributed by atoms with E-state index in [0.29, 0.717) is 19.4 Å². The molecule has 0 aliphatic heterocycles. The molecule has 0 aromatic heterocycles. The van der Waals surface area contributed by atoms with Crippen LogP contribution in [0.1, 0.15) is 57.8 Å². The summed E-state index contributed by atoms with van der Waals surface area (Å²) in [4.78, 5) is 23.4. The molecular weight excluding hydrogens is 258 g/mol. The standard InChI is InChI=1S/C15H27NO4/c1-20-11-7-10-13(15(18)19)16-14(17)12-8-5-3-2-4-6-9-12/h12-13H,2-11H2,1H3,(H,16,17)(H,18,19). The number of amides is 1. The van der Waals surface area contributed by atoms with E-state index in [1.165, 1.54) is 19.3 Å². The fraction of sp³-hybridized carbons (Fsp3) is 0.867. The fourth-order valence-electron chi connectivity index (χ4n) is 2.70. The Balaban J connectivity index is 2.44. The van der Waals surface area contributed by atoms with Crippen LogP contribution in [-0.4, -0.2) is 36.7 Å². The van der Waals surface area contributed by atoms with Crippen LogP contribution < -0.4 is 5.32 Å². The van der Waals surface area contributed by atoms with Crippen LogP contribution >= 0.6 is 0 Å². The number of carbonyl (C=O) groups is 2. The number of hydrogen-bond acceptors (Lipinski definition) is 3. The smallest absolute Gasteiger partial charge is 0.326 e. The van der Waals surface area contributed by atoms with Crippen molar-refractivity contribution in [1.29, 1.82) is 0 Å². The first-order valence-corrected chi connectivity index (χ1v) is 7.67. The molecule has 0 aromatic rings. The van der Waals surface area contributed by atoms with E-state index in [0.717, 1.165) is 25.7 Å². The second-order valence-electron chi connectivity index (χ2n) is 5.58. The fourth-order valence-corrected chi connectivity index (χ4v) is 2.70. The van der Waals surface area contributed by atoms with Gasteiger partial charge in [0, 0.05) is 19.6 Å². The molecule has 1 rings (SSSR count). The number of methoxy groups -OCH3 is 1. The van der Waals surface area contributed by atoms with E-state index in [2.05, 4.69) is 5.32 Å². The molecule has 1 aliphatic carbocycles. The predicted octanol–water partition coefficient (Wildman–Crippen LogP) is 2.34. The largest absolute Gasteiger partial charge is 0.480 e. The molecule has 1 amide bonds. The molecule has 5 nitrogen and oxygen atoms in total. The molecule has 1 saturated carbocycles. The monoisotopic (exact) mass is 285 g/mol. The summed E-state index contributed by atoms with van der Waals surface area (Å²) in [7, 11) is 1.59. The zero-order chi connectivity index (χ0) is 14.8. The van der Waals surface area contributed by atoms with Gasteiger partial charge in [0.25, 0.3) is 0 Å². The van der Waals surface area contributed by atoms with Crippen molar-refractivity contribution in [3.63, 3.8) is 0 Å². The molecule has 2 N–H and O–H groups in total. The molecule has 1 aliphatic rings. The predicted molar refractivity (Wildman–Crippen MR) is 76.5 cm³/mol. The average molecular weight is 285 g/mol. The van der Waals surface area contributed by atoms with Gasteiger partial charge < -0.3 is 15.2 Å².